The van der Waals surface area contributed by atoms with E-state index in [1.807, 2.05) is 24.3 Å². The highest BCUT2D eigenvalue weighted by Crippen LogP contribution is 2.22. The monoisotopic (exact) mass is 415 g/mol. The number of guanidine groups is 1. The molecule has 0 spiro atoms. The predicted molar refractivity (Wildman–Crippen MR) is 123 cm³/mol. The zero-order chi connectivity index (χ0) is 21.1. The van der Waals surface area contributed by atoms with Crippen molar-refractivity contribution in [2.45, 2.75) is 26.3 Å². The third-order valence-electron chi connectivity index (χ3n) is 4.99. The molecule has 2 aromatic rings. The summed E-state index contributed by atoms with van der Waals surface area (Å²) < 4.78 is 0. The zero-order valence-corrected chi connectivity index (χ0v) is 18.7. The van der Waals surface area contributed by atoms with Gasteiger partial charge in [0.05, 0.1) is 6.04 Å². The molecule has 1 heterocycles. The summed E-state index contributed by atoms with van der Waals surface area (Å²) in [7, 11) is 3.44. The summed E-state index contributed by atoms with van der Waals surface area (Å²) in [6.07, 6.45) is 0.815. The third-order valence-corrected chi connectivity index (χ3v) is 5.69. The molecular weight excluding hydrogens is 382 g/mol. The second-order valence-electron chi connectivity index (χ2n) is 6.70. The van der Waals surface area contributed by atoms with Gasteiger partial charge in [-0.1, -0.05) is 26.0 Å². The van der Waals surface area contributed by atoms with Crippen LogP contribution >= 0.6 is 11.3 Å². The van der Waals surface area contributed by atoms with Gasteiger partial charge < -0.3 is 16.0 Å². The summed E-state index contributed by atoms with van der Waals surface area (Å²) in [5.74, 6) is 0.730. The highest BCUT2D eigenvalue weighted by Gasteiger charge is 2.18. The van der Waals surface area contributed by atoms with E-state index in [9.17, 15) is 4.79 Å². The van der Waals surface area contributed by atoms with Gasteiger partial charge in [-0.15, -0.1) is 0 Å². The SMILES string of the molecule is CCN(CC)C(CNC(=NC)NCCc1cccc(C(=O)NC)c1)c1ccsc1. The maximum Gasteiger partial charge on any atom is 0.251 e. The van der Waals surface area contributed by atoms with Gasteiger partial charge >= 0.3 is 0 Å². The number of rotatable bonds is 10. The highest BCUT2D eigenvalue weighted by molar-refractivity contribution is 7.07. The van der Waals surface area contributed by atoms with E-state index < -0.39 is 0 Å². The fourth-order valence-corrected chi connectivity index (χ4v) is 4.05. The van der Waals surface area contributed by atoms with Crippen LogP contribution in [0.3, 0.4) is 0 Å². The number of aliphatic imine (C=N–C) groups is 1. The summed E-state index contributed by atoms with van der Waals surface area (Å²) >= 11 is 1.73. The molecule has 1 atom stereocenters. The van der Waals surface area contributed by atoms with E-state index >= 15 is 0 Å². The third kappa shape index (κ3) is 6.87. The lowest BCUT2D eigenvalue weighted by Gasteiger charge is -2.30. The van der Waals surface area contributed by atoms with Crippen LogP contribution in [0.5, 0.6) is 0 Å². The average molecular weight is 416 g/mol. The van der Waals surface area contributed by atoms with Gasteiger partial charge in [0, 0.05) is 32.7 Å². The second-order valence-corrected chi connectivity index (χ2v) is 7.48. The molecule has 1 unspecified atom stereocenters. The summed E-state index contributed by atoms with van der Waals surface area (Å²) in [5.41, 5.74) is 3.14. The van der Waals surface area contributed by atoms with Gasteiger partial charge in [-0.05, 0) is 59.6 Å². The van der Waals surface area contributed by atoms with Gasteiger partial charge in [0.15, 0.2) is 5.96 Å². The minimum absolute atomic E-state index is 0.0619. The van der Waals surface area contributed by atoms with Crippen LogP contribution in [0.1, 0.15) is 41.4 Å². The molecule has 3 N–H and O–H groups in total. The molecule has 1 aromatic heterocycles. The number of amides is 1. The van der Waals surface area contributed by atoms with E-state index in [0.717, 1.165) is 44.1 Å². The van der Waals surface area contributed by atoms with Gasteiger partial charge in [-0.2, -0.15) is 11.3 Å². The molecular formula is C22H33N5OS. The number of nitrogens with zero attached hydrogens (tertiary/aromatic N) is 2. The molecule has 0 aliphatic heterocycles. The standard InChI is InChI=1S/C22H33N5OS/c1-5-27(6-2)20(19-11-13-29-16-19)15-26-22(24-4)25-12-10-17-8-7-9-18(14-17)21(28)23-3/h7-9,11,13-14,16,20H,5-6,10,12,15H2,1-4H3,(H,23,28)(H2,24,25,26). The number of benzene rings is 1. The van der Waals surface area contributed by atoms with E-state index in [-0.39, 0.29) is 5.91 Å². The van der Waals surface area contributed by atoms with Crippen molar-refractivity contribution in [1.29, 1.82) is 0 Å². The van der Waals surface area contributed by atoms with E-state index in [1.165, 1.54) is 5.56 Å². The molecule has 1 amide bonds. The molecule has 1 aromatic carbocycles. The molecule has 2 rings (SSSR count). The van der Waals surface area contributed by atoms with Gasteiger partial charge in [0.2, 0.25) is 0 Å². The first kappa shape index (κ1) is 22.9. The largest absolute Gasteiger partial charge is 0.356 e. The molecule has 0 saturated carbocycles. The van der Waals surface area contributed by atoms with Crippen molar-refractivity contribution < 1.29 is 4.79 Å². The van der Waals surface area contributed by atoms with Crippen molar-refractivity contribution in [3.05, 3.63) is 57.8 Å². The molecule has 0 radical (unpaired) electrons. The summed E-state index contributed by atoms with van der Waals surface area (Å²) in [6.45, 7) is 7.94. The fourth-order valence-electron chi connectivity index (χ4n) is 3.34. The Morgan fingerprint density at radius 3 is 2.62 bits per heavy atom. The summed E-state index contributed by atoms with van der Waals surface area (Å²) in [4.78, 5) is 18.6. The quantitative estimate of drug-likeness (QED) is 0.412. The molecule has 0 saturated heterocycles. The number of likely N-dealkylation sites (N-methyl/N-ethyl adjacent to an activating group) is 1. The van der Waals surface area contributed by atoms with Gasteiger partial charge in [0.25, 0.3) is 5.91 Å². The Bertz CT molecular complexity index is 771. The Labute approximate surface area is 178 Å². The second kappa shape index (κ2) is 12.2. The Morgan fingerprint density at radius 2 is 2.00 bits per heavy atom. The minimum atomic E-state index is -0.0619. The van der Waals surface area contributed by atoms with Crippen LogP contribution in [0, 0.1) is 0 Å². The maximum atomic E-state index is 11.8. The van der Waals surface area contributed by atoms with E-state index in [4.69, 9.17) is 0 Å². The Hall–Kier alpha value is -2.38. The van der Waals surface area contributed by atoms with Gasteiger partial charge in [-0.3, -0.25) is 14.7 Å². The average Bonchev–Trinajstić information content (AvgIpc) is 3.29. The Morgan fingerprint density at radius 1 is 1.21 bits per heavy atom. The van der Waals surface area contributed by atoms with Gasteiger partial charge in [0.1, 0.15) is 0 Å². The van der Waals surface area contributed by atoms with Crippen molar-refractivity contribution in [2.75, 3.05) is 40.3 Å². The zero-order valence-electron chi connectivity index (χ0n) is 17.9. The van der Waals surface area contributed by atoms with Crippen molar-refractivity contribution in [1.82, 2.24) is 20.9 Å². The Balaban J connectivity index is 1.89. The fraction of sp³-hybridized carbons (Fsp3) is 0.455. The van der Waals surface area contributed by atoms with Crippen molar-refractivity contribution in [3.8, 4) is 0 Å². The number of hydrogen-bond donors (Lipinski definition) is 3. The van der Waals surface area contributed by atoms with Crippen molar-refractivity contribution >= 4 is 23.2 Å². The van der Waals surface area contributed by atoms with Crippen LogP contribution in [0.4, 0.5) is 0 Å². The van der Waals surface area contributed by atoms with Crippen LogP contribution in [-0.2, 0) is 6.42 Å². The highest BCUT2D eigenvalue weighted by atomic mass is 32.1. The summed E-state index contributed by atoms with van der Waals surface area (Å²) in [6, 6.07) is 10.2. The van der Waals surface area contributed by atoms with Crippen LogP contribution < -0.4 is 16.0 Å². The molecule has 0 bridgehead atoms. The number of hydrogen-bond acceptors (Lipinski definition) is 4. The topological polar surface area (TPSA) is 68.8 Å². The van der Waals surface area contributed by atoms with Crippen LogP contribution in [-0.4, -0.2) is 57.0 Å². The number of carbonyl (C=O) groups excluding carboxylic acids is 1. The smallest absolute Gasteiger partial charge is 0.251 e. The van der Waals surface area contributed by atoms with Gasteiger partial charge in [-0.25, -0.2) is 0 Å². The van der Waals surface area contributed by atoms with Crippen molar-refractivity contribution in [3.63, 3.8) is 0 Å². The summed E-state index contributed by atoms with van der Waals surface area (Å²) in [5, 5.41) is 13.9. The molecule has 0 aliphatic carbocycles. The van der Waals surface area contributed by atoms with E-state index in [2.05, 4.69) is 56.5 Å². The van der Waals surface area contributed by atoms with Crippen LogP contribution in [0.15, 0.2) is 46.1 Å². The van der Waals surface area contributed by atoms with E-state index in [0.29, 0.717) is 11.6 Å². The molecule has 158 valence electrons. The molecule has 0 aliphatic rings. The molecule has 7 heteroatoms. The van der Waals surface area contributed by atoms with E-state index in [1.54, 1.807) is 25.4 Å². The van der Waals surface area contributed by atoms with Crippen LogP contribution in [0.2, 0.25) is 0 Å². The first-order valence-electron chi connectivity index (χ1n) is 10.1. The molecule has 6 nitrogen and oxygen atoms in total. The number of carbonyl (C=O) groups is 1. The lowest BCUT2D eigenvalue weighted by molar-refractivity contribution is 0.0963. The maximum absolute atomic E-state index is 11.8. The van der Waals surface area contributed by atoms with Crippen LogP contribution in [0.25, 0.3) is 0 Å². The number of thiophene rings is 1. The minimum Gasteiger partial charge on any atom is -0.356 e. The lowest BCUT2D eigenvalue weighted by atomic mass is 10.1. The number of nitrogens with one attached hydrogen (secondary N) is 3. The molecule has 0 fully saturated rings. The normalized spacial score (nSPS) is 12.7. The molecule has 29 heavy (non-hydrogen) atoms. The lowest BCUT2D eigenvalue weighted by Crippen LogP contribution is -2.43. The first-order valence-corrected chi connectivity index (χ1v) is 11.1. The Kier molecular flexibility index (Phi) is 9.67. The first-order chi connectivity index (χ1) is 14.1. The van der Waals surface area contributed by atoms with Crippen molar-refractivity contribution in [2.24, 2.45) is 4.99 Å². The predicted octanol–water partition coefficient (Wildman–Crippen LogP) is 2.90.